The van der Waals surface area contributed by atoms with Gasteiger partial charge in [0.2, 0.25) is 17.7 Å². The van der Waals surface area contributed by atoms with Gasteiger partial charge in [0.05, 0.1) is 12.6 Å². The molecule has 2 heterocycles. The molecular formula is C17H28N4O5. The monoisotopic (exact) mass is 368 g/mol. The summed E-state index contributed by atoms with van der Waals surface area (Å²) in [4.78, 5) is 51.1. The molecule has 0 aliphatic carbocycles. The fourth-order valence-electron chi connectivity index (χ4n) is 3.48. The Morgan fingerprint density at radius 1 is 1.08 bits per heavy atom. The zero-order valence-corrected chi connectivity index (χ0v) is 15.3. The molecular weight excluding hydrogens is 340 g/mol. The van der Waals surface area contributed by atoms with Crippen molar-refractivity contribution in [2.75, 3.05) is 19.6 Å². The molecule has 0 spiro atoms. The van der Waals surface area contributed by atoms with Crippen LogP contribution < -0.4 is 11.1 Å². The lowest BCUT2D eigenvalue weighted by Crippen LogP contribution is -2.54. The van der Waals surface area contributed by atoms with Crippen molar-refractivity contribution in [3.63, 3.8) is 0 Å². The minimum absolute atomic E-state index is 0.0310. The van der Waals surface area contributed by atoms with Crippen LogP contribution in [0.15, 0.2) is 0 Å². The summed E-state index contributed by atoms with van der Waals surface area (Å²) < 4.78 is 0. The number of nitrogens with two attached hydrogens (primary N) is 1. The lowest BCUT2D eigenvalue weighted by molar-refractivity contribution is -0.148. The molecule has 3 unspecified atom stereocenters. The van der Waals surface area contributed by atoms with Crippen LogP contribution >= 0.6 is 0 Å². The van der Waals surface area contributed by atoms with E-state index in [0.29, 0.717) is 38.8 Å². The molecule has 2 aliphatic rings. The van der Waals surface area contributed by atoms with Crippen LogP contribution in [0.5, 0.6) is 0 Å². The maximum Gasteiger partial charge on any atom is 0.326 e. The van der Waals surface area contributed by atoms with Gasteiger partial charge in [0.15, 0.2) is 0 Å². The number of nitrogens with zero attached hydrogens (tertiary/aromatic N) is 2. The Labute approximate surface area is 152 Å². The van der Waals surface area contributed by atoms with Gasteiger partial charge in [0.25, 0.3) is 0 Å². The van der Waals surface area contributed by atoms with Crippen LogP contribution in [-0.4, -0.2) is 76.4 Å². The number of hydrogen-bond acceptors (Lipinski definition) is 5. The van der Waals surface area contributed by atoms with Crippen LogP contribution in [0.3, 0.4) is 0 Å². The molecule has 2 rings (SSSR count). The fraction of sp³-hybridized carbons (Fsp3) is 0.765. The van der Waals surface area contributed by atoms with Crippen molar-refractivity contribution in [1.82, 2.24) is 15.1 Å². The molecule has 3 atom stereocenters. The normalized spacial score (nSPS) is 24.0. The summed E-state index contributed by atoms with van der Waals surface area (Å²) in [5, 5.41) is 11.7. The average Bonchev–Trinajstić information content (AvgIpc) is 3.26. The molecule has 146 valence electrons. The molecule has 2 fully saturated rings. The maximum absolute atomic E-state index is 12.5. The molecule has 2 aliphatic heterocycles. The Kier molecular flexibility index (Phi) is 6.57. The van der Waals surface area contributed by atoms with E-state index in [-0.39, 0.29) is 18.4 Å². The van der Waals surface area contributed by atoms with E-state index in [0.717, 1.165) is 0 Å². The summed E-state index contributed by atoms with van der Waals surface area (Å²) >= 11 is 0. The van der Waals surface area contributed by atoms with E-state index < -0.39 is 35.9 Å². The highest BCUT2D eigenvalue weighted by molar-refractivity contribution is 5.93. The molecule has 26 heavy (non-hydrogen) atoms. The van der Waals surface area contributed by atoms with Crippen LogP contribution in [0.1, 0.15) is 39.5 Å². The number of amides is 3. The number of carbonyl (C=O) groups is 4. The van der Waals surface area contributed by atoms with E-state index in [1.54, 1.807) is 0 Å². The first-order chi connectivity index (χ1) is 12.2. The van der Waals surface area contributed by atoms with Crippen molar-refractivity contribution >= 4 is 23.7 Å². The van der Waals surface area contributed by atoms with Gasteiger partial charge in [-0.25, -0.2) is 4.79 Å². The van der Waals surface area contributed by atoms with E-state index in [9.17, 15) is 19.2 Å². The Morgan fingerprint density at radius 2 is 1.65 bits per heavy atom. The third-order valence-electron chi connectivity index (χ3n) is 5.11. The average molecular weight is 368 g/mol. The number of likely N-dealkylation sites (tertiary alicyclic amines) is 2. The van der Waals surface area contributed by atoms with Crippen LogP contribution in [-0.2, 0) is 19.2 Å². The zero-order valence-electron chi connectivity index (χ0n) is 15.3. The second kappa shape index (κ2) is 8.48. The van der Waals surface area contributed by atoms with Gasteiger partial charge in [0, 0.05) is 13.1 Å². The number of aliphatic carboxylic acids is 1. The van der Waals surface area contributed by atoms with Crippen molar-refractivity contribution in [1.29, 1.82) is 0 Å². The second-order valence-corrected chi connectivity index (χ2v) is 7.26. The van der Waals surface area contributed by atoms with E-state index in [2.05, 4.69) is 5.32 Å². The van der Waals surface area contributed by atoms with Gasteiger partial charge in [-0.2, -0.15) is 0 Å². The molecule has 0 radical (unpaired) electrons. The molecule has 9 nitrogen and oxygen atoms in total. The Bertz CT molecular complexity index is 580. The first-order valence-corrected chi connectivity index (χ1v) is 9.10. The molecule has 3 amide bonds. The Hall–Kier alpha value is -2.16. The van der Waals surface area contributed by atoms with E-state index in [1.807, 2.05) is 13.8 Å². The Balaban J connectivity index is 1.91. The molecule has 0 aromatic rings. The molecule has 9 heteroatoms. The van der Waals surface area contributed by atoms with Crippen molar-refractivity contribution in [2.24, 2.45) is 11.7 Å². The van der Waals surface area contributed by atoms with Crippen molar-refractivity contribution in [2.45, 2.75) is 57.7 Å². The minimum atomic E-state index is -1.03. The van der Waals surface area contributed by atoms with Gasteiger partial charge in [-0.05, 0) is 31.6 Å². The largest absolute Gasteiger partial charge is 0.480 e. The van der Waals surface area contributed by atoms with Gasteiger partial charge >= 0.3 is 5.97 Å². The lowest BCUT2D eigenvalue weighted by Gasteiger charge is -2.28. The van der Waals surface area contributed by atoms with Crippen LogP contribution in [0.4, 0.5) is 0 Å². The highest BCUT2D eigenvalue weighted by Gasteiger charge is 2.38. The summed E-state index contributed by atoms with van der Waals surface area (Å²) in [6, 6.07) is -2.12. The number of nitrogens with one attached hydrogen (secondary N) is 1. The summed E-state index contributed by atoms with van der Waals surface area (Å²) in [6.45, 7) is 4.28. The summed E-state index contributed by atoms with van der Waals surface area (Å²) in [5.41, 5.74) is 5.91. The van der Waals surface area contributed by atoms with Crippen LogP contribution in [0, 0.1) is 5.92 Å². The van der Waals surface area contributed by atoms with E-state index >= 15 is 0 Å². The molecule has 4 N–H and O–H groups in total. The predicted molar refractivity (Wildman–Crippen MR) is 92.9 cm³/mol. The smallest absolute Gasteiger partial charge is 0.326 e. The Morgan fingerprint density at radius 3 is 2.23 bits per heavy atom. The van der Waals surface area contributed by atoms with Crippen molar-refractivity contribution in [3.8, 4) is 0 Å². The van der Waals surface area contributed by atoms with Gasteiger partial charge in [-0.15, -0.1) is 0 Å². The lowest BCUT2D eigenvalue weighted by atomic mass is 10.0. The highest BCUT2D eigenvalue weighted by atomic mass is 16.4. The SMILES string of the molecule is CC(C)C(N)C(=O)N1CCCC1C(=O)NCC(=O)N1CCCC1C(=O)O. The highest BCUT2D eigenvalue weighted by Crippen LogP contribution is 2.20. The molecule has 0 aromatic heterocycles. The van der Waals surface area contributed by atoms with Gasteiger partial charge in [0.1, 0.15) is 12.1 Å². The van der Waals surface area contributed by atoms with Gasteiger partial charge in [-0.3, -0.25) is 14.4 Å². The summed E-state index contributed by atoms with van der Waals surface area (Å²) in [5.74, 6) is -2.13. The number of carboxylic acid groups (broad SMARTS) is 1. The van der Waals surface area contributed by atoms with Crippen molar-refractivity contribution in [3.05, 3.63) is 0 Å². The van der Waals surface area contributed by atoms with Crippen molar-refractivity contribution < 1.29 is 24.3 Å². The molecule has 0 saturated carbocycles. The topological polar surface area (TPSA) is 133 Å². The first-order valence-electron chi connectivity index (χ1n) is 9.10. The quantitative estimate of drug-likeness (QED) is 0.559. The molecule has 0 aromatic carbocycles. The number of rotatable bonds is 6. The maximum atomic E-state index is 12.5. The summed E-state index contributed by atoms with van der Waals surface area (Å²) in [6.07, 6.45) is 2.29. The third-order valence-corrected chi connectivity index (χ3v) is 5.11. The third kappa shape index (κ3) is 4.32. The van der Waals surface area contributed by atoms with Gasteiger partial charge in [-0.1, -0.05) is 13.8 Å². The predicted octanol–water partition coefficient (Wildman–Crippen LogP) is -0.847. The number of carboxylic acids is 1. The molecule has 0 bridgehead atoms. The van der Waals surface area contributed by atoms with E-state index in [4.69, 9.17) is 10.8 Å². The second-order valence-electron chi connectivity index (χ2n) is 7.26. The molecule has 2 saturated heterocycles. The van der Waals surface area contributed by atoms with Crippen LogP contribution in [0.2, 0.25) is 0 Å². The summed E-state index contributed by atoms with van der Waals surface area (Å²) in [7, 11) is 0. The van der Waals surface area contributed by atoms with Gasteiger partial charge < -0.3 is 26.0 Å². The zero-order chi connectivity index (χ0) is 19.4. The first kappa shape index (κ1) is 20.2. The standard InChI is InChI=1S/C17H28N4O5/c1-10(2)14(18)16(24)21-8-3-5-11(21)15(23)19-9-13(22)20-7-4-6-12(20)17(25)26/h10-12,14H,3-9,18H2,1-2H3,(H,19,23)(H,25,26). The number of hydrogen-bond donors (Lipinski definition) is 3. The number of carbonyl (C=O) groups excluding carboxylic acids is 3. The van der Waals surface area contributed by atoms with Crippen LogP contribution in [0.25, 0.3) is 0 Å². The fourth-order valence-corrected chi connectivity index (χ4v) is 3.48. The van der Waals surface area contributed by atoms with E-state index in [1.165, 1.54) is 9.80 Å². The minimum Gasteiger partial charge on any atom is -0.480 e.